The predicted molar refractivity (Wildman–Crippen MR) is 126 cm³/mol. The molecule has 0 radical (unpaired) electrons. The van der Waals surface area contributed by atoms with Crippen LogP contribution >= 0.6 is 11.6 Å². The molecule has 2 aliphatic rings. The Morgan fingerprint density at radius 3 is 2.33 bits per heavy atom. The normalized spacial score (nSPS) is 19.6. The highest BCUT2D eigenvalue weighted by Gasteiger charge is 2.37. The van der Waals surface area contributed by atoms with Crippen LogP contribution in [0.5, 0.6) is 0 Å². The van der Waals surface area contributed by atoms with Gasteiger partial charge >= 0.3 is 0 Å². The average Bonchev–Trinajstić information content (AvgIpc) is 3.22. The Morgan fingerprint density at radius 1 is 1.00 bits per heavy atom. The Kier molecular flexibility index (Phi) is 6.58. The summed E-state index contributed by atoms with van der Waals surface area (Å²) in [4.78, 5) is 15.4. The van der Waals surface area contributed by atoms with Gasteiger partial charge in [-0.15, -0.1) is 0 Å². The highest BCUT2D eigenvalue weighted by atomic mass is 35.5. The second-order valence-electron chi connectivity index (χ2n) is 8.47. The zero-order valence-corrected chi connectivity index (χ0v) is 20.8. The highest BCUT2D eigenvalue weighted by Crippen LogP contribution is 2.34. The second kappa shape index (κ2) is 8.99. The van der Waals surface area contributed by atoms with Crippen LogP contribution in [0, 0.1) is 5.92 Å². The summed E-state index contributed by atoms with van der Waals surface area (Å²) in [5, 5.41) is 0.454. The van der Waals surface area contributed by atoms with E-state index in [-0.39, 0.29) is 22.2 Å². The van der Waals surface area contributed by atoms with Gasteiger partial charge in [-0.05, 0) is 67.3 Å². The molecule has 1 fully saturated rings. The van der Waals surface area contributed by atoms with E-state index in [1.807, 2.05) is 0 Å². The molecule has 0 N–H and O–H groups in total. The van der Waals surface area contributed by atoms with E-state index in [4.69, 9.17) is 11.6 Å². The van der Waals surface area contributed by atoms with Crippen LogP contribution in [0.25, 0.3) is 0 Å². The minimum atomic E-state index is -3.73. The first kappa shape index (κ1) is 24.2. The van der Waals surface area contributed by atoms with Gasteiger partial charge in [0.05, 0.1) is 15.7 Å². The molecule has 178 valence electrons. The first-order valence-corrected chi connectivity index (χ1v) is 13.9. The number of halogens is 1. The molecule has 2 aromatic rings. The fourth-order valence-corrected chi connectivity index (χ4v) is 6.92. The molecular weight excluding hydrogens is 486 g/mol. The molecule has 0 aliphatic carbocycles. The third kappa shape index (κ3) is 4.54. The van der Waals surface area contributed by atoms with Crippen molar-refractivity contribution in [3.05, 3.63) is 53.1 Å². The molecule has 2 aromatic carbocycles. The van der Waals surface area contributed by atoms with E-state index < -0.39 is 26.0 Å². The first-order chi connectivity index (χ1) is 15.5. The number of carbonyl (C=O) groups is 1. The summed E-state index contributed by atoms with van der Waals surface area (Å²) >= 11 is 5.88. The summed E-state index contributed by atoms with van der Waals surface area (Å²) in [6.07, 6.45) is 1.74. The zero-order valence-electron chi connectivity index (χ0n) is 18.4. The Morgan fingerprint density at radius 2 is 1.67 bits per heavy atom. The molecule has 1 atom stereocenters. The number of fused-ring (bicyclic) bond motifs is 1. The highest BCUT2D eigenvalue weighted by molar-refractivity contribution is 7.89. The molecule has 0 spiro atoms. The molecule has 11 heteroatoms. The molecule has 0 saturated carbocycles. The van der Waals surface area contributed by atoms with Crippen LogP contribution in [0.4, 0.5) is 5.69 Å². The fourth-order valence-electron chi connectivity index (χ4n) is 4.32. The van der Waals surface area contributed by atoms with Gasteiger partial charge in [-0.1, -0.05) is 11.6 Å². The summed E-state index contributed by atoms with van der Waals surface area (Å²) in [6, 6.07) is 10.8. The topological polar surface area (TPSA) is 95.1 Å². The maximum atomic E-state index is 13.4. The minimum Gasteiger partial charge on any atom is -0.312 e. The van der Waals surface area contributed by atoms with Crippen molar-refractivity contribution >= 4 is 43.2 Å². The summed E-state index contributed by atoms with van der Waals surface area (Å²) < 4.78 is 53.5. The van der Waals surface area contributed by atoms with E-state index in [0.717, 1.165) is 9.87 Å². The number of anilines is 1. The van der Waals surface area contributed by atoms with Crippen LogP contribution in [-0.4, -0.2) is 65.1 Å². The monoisotopic (exact) mass is 511 g/mol. The molecule has 8 nitrogen and oxygen atoms in total. The smallest absolute Gasteiger partial charge is 0.243 e. The van der Waals surface area contributed by atoms with Crippen molar-refractivity contribution in [3.8, 4) is 0 Å². The number of hydrogen-bond acceptors (Lipinski definition) is 5. The van der Waals surface area contributed by atoms with Gasteiger partial charge in [0.25, 0.3) is 0 Å². The van der Waals surface area contributed by atoms with Crippen molar-refractivity contribution < 1.29 is 21.6 Å². The lowest BCUT2D eigenvalue weighted by atomic mass is 9.98. The van der Waals surface area contributed by atoms with Crippen molar-refractivity contribution in [1.82, 2.24) is 8.61 Å². The van der Waals surface area contributed by atoms with Crippen LogP contribution in [-0.2, 0) is 31.3 Å². The van der Waals surface area contributed by atoms with Crippen molar-refractivity contribution in [2.75, 3.05) is 38.6 Å². The Bertz CT molecular complexity index is 1280. The molecule has 1 amide bonds. The third-order valence-corrected chi connectivity index (χ3v) is 10.1. The number of hydrogen-bond donors (Lipinski definition) is 0. The predicted octanol–water partition coefficient (Wildman–Crippen LogP) is 2.58. The average molecular weight is 512 g/mol. The number of nitrogens with zero attached hydrogens (tertiary/aromatic N) is 3. The number of rotatable bonds is 5. The van der Waals surface area contributed by atoms with E-state index in [9.17, 15) is 21.6 Å². The van der Waals surface area contributed by atoms with Crippen LogP contribution < -0.4 is 4.90 Å². The maximum absolute atomic E-state index is 13.4. The number of piperidine rings is 1. The van der Waals surface area contributed by atoms with Gasteiger partial charge in [0.15, 0.2) is 0 Å². The fraction of sp³-hybridized carbons (Fsp3) is 0.409. The van der Waals surface area contributed by atoms with Crippen molar-refractivity contribution in [3.63, 3.8) is 0 Å². The van der Waals surface area contributed by atoms with Crippen molar-refractivity contribution in [2.24, 2.45) is 5.92 Å². The van der Waals surface area contributed by atoms with Gasteiger partial charge in [-0.25, -0.2) is 21.1 Å². The molecule has 1 saturated heterocycles. The van der Waals surface area contributed by atoms with Crippen molar-refractivity contribution in [2.45, 2.75) is 29.1 Å². The number of carbonyl (C=O) groups excluding carboxylic acids is 1. The molecule has 2 aliphatic heterocycles. The molecule has 2 heterocycles. The SMILES string of the molecule is CN(C)S(=O)(=O)c1ccc2c(c1)CCN2C(=O)C1CCCN(S(=O)(=O)c2ccc(Cl)cc2)C1. The quantitative estimate of drug-likeness (QED) is 0.615. The zero-order chi connectivity index (χ0) is 24.0. The van der Waals surface area contributed by atoms with Gasteiger partial charge in [0.2, 0.25) is 26.0 Å². The number of amides is 1. The van der Waals surface area contributed by atoms with Gasteiger partial charge in [-0.2, -0.15) is 4.31 Å². The Labute approximate surface area is 199 Å². The number of sulfonamides is 2. The lowest BCUT2D eigenvalue weighted by molar-refractivity contribution is -0.123. The number of benzene rings is 2. The van der Waals surface area contributed by atoms with Crippen LogP contribution in [0.15, 0.2) is 52.3 Å². The molecule has 33 heavy (non-hydrogen) atoms. The molecular formula is C22H26ClN3O5S2. The summed E-state index contributed by atoms with van der Waals surface area (Å²) in [5.41, 5.74) is 1.49. The van der Waals surface area contributed by atoms with Gasteiger partial charge in [0, 0.05) is 44.4 Å². The third-order valence-electron chi connectivity index (χ3n) is 6.18. The Balaban J connectivity index is 1.53. The van der Waals surface area contributed by atoms with E-state index >= 15 is 0 Å². The Hall–Kier alpha value is -1.98. The van der Waals surface area contributed by atoms with E-state index in [2.05, 4.69) is 0 Å². The van der Waals surface area contributed by atoms with Crippen LogP contribution in [0.3, 0.4) is 0 Å². The van der Waals surface area contributed by atoms with Gasteiger partial charge in [-0.3, -0.25) is 4.79 Å². The second-order valence-corrected chi connectivity index (χ2v) is 13.0. The van der Waals surface area contributed by atoms with Crippen molar-refractivity contribution in [1.29, 1.82) is 0 Å². The lowest BCUT2D eigenvalue weighted by Crippen LogP contribution is -2.46. The maximum Gasteiger partial charge on any atom is 0.243 e. The van der Waals surface area contributed by atoms with E-state index in [1.54, 1.807) is 17.0 Å². The molecule has 0 bridgehead atoms. The van der Waals surface area contributed by atoms with Crippen LogP contribution in [0.1, 0.15) is 18.4 Å². The molecule has 4 rings (SSSR count). The van der Waals surface area contributed by atoms with Gasteiger partial charge in [0.1, 0.15) is 0 Å². The van der Waals surface area contributed by atoms with Crippen LogP contribution in [0.2, 0.25) is 5.02 Å². The first-order valence-electron chi connectivity index (χ1n) is 10.6. The summed E-state index contributed by atoms with van der Waals surface area (Å²) in [6.45, 7) is 0.917. The molecule has 0 aromatic heterocycles. The largest absolute Gasteiger partial charge is 0.312 e. The van der Waals surface area contributed by atoms with E-state index in [0.29, 0.717) is 43.1 Å². The van der Waals surface area contributed by atoms with E-state index in [1.165, 1.54) is 48.7 Å². The minimum absolute atomic E-state index is 0.114. The molecule has 1 unspecified atom stereocenters. The lowest BCUT2D eigenvalue weighted by Gasteiger charge is -2.33. The van der Waals surface area contributed by atoms with Gasteiger partial charge < -0.3 is 4.90 Å². The summed E-state index contributed by atoms with van der Waals surface area (Å²) in [5.74, 6) is -0.593. The standard InChI is InChI=1S/C22H26ClN3O5S2/c1-24(2)32(28,29)20-9-10-21-16(14-20)11-13-26(21)22(27)17-4-3-12-25(15-17)33(30,31)19-7-5-18(23)6-8-19/h5-10,14,17H,3-4,11-13,15H2,1-2H3. The summed E-state index contributed by atoms with van der Waals surface area (Å²) in [7, 11) is -4.33.